The van der Waals surface area contributed by atoms with Gasteiger partial charge in [-0.1, -0.05) is 115 Å². The number of aromatic nitrogens is 7. The SMILES string of the molecule is COc1cccc2nc(-c3ccc(-n4c5ccccc5c5ccc6c7ccccc7n(-c7nc(-c8ccccc8)nc(-c8ccccc8)n7)c6c54)cc3)[nH]c12. The molecule has 8 nitrogen and oxygen atoms in total. The van der Waals surface area contributed by atoms with Crippen LogP contribution in [0, 0.1) is 0 Å². The molecule has 4 heterocycles. The zero-order chi connectivity index (χ0) is 36.5. The maximum atomic E-state index is 5.59. The first-order valence-corrected chi connectivity index (χ1v) is 18.2. The summed E-state index contributed by atoms with van der Waals surface area (Å²) in [6, 6.07) is 56.3. The van der Waals surface area contributed by atoms with Crippen LogP contribution in [0.3, 0.4) is 0 Å². The van der Waals surface area contributed by atoms with Crippen LogP contribution in [0.15, 0.2) is 164 Å². The Morgan fingerprint density at radius 2 is 1.02 bits per heavy atom. The molecule has 0 radical (unpaired) electrons. The number of para-hydroxylation sites is 3. The summed E-state index contributed by atoms with van der Waals surface area (Å²) in [5, 5.41) is 4.54. The molecule has 260 valence electrons. The third-order valence-corrected chi connectivity index (χ3v) is 10.5. The monoisotopic (exact) mass is 709 g/mol. The number of hydrogen-bond acceptors (Lipinski definition) is 5. The maximum Gasteiger partial charge on any atom is 0.238 e. The van der Waals surface area contributed by atoms with Crippen LogP contribution in [0.1, 0.15) is 0 Å². The number of rotatable bonds is 6. The lowest BCUT2D eigenvalue weighted by molar-refractivity contribution is 0.419. The van der Waals surface area contributed by atoms with Gasteiger partial charge in [-0.3, -0.25) is 4.57 Å². The Hall–Kier alpha value is -7.58. The quantitative estimate of drug-likeness (QED) is 0.186. The van der Waals surface area contributed by atoms with Crippen molar-refractivity contribution in [2.75, 3.05) is 7.11 Å². The molecule has 0 bridgehead atoms. The van der Waals surface area contributed by atoms with Gasteiger partial charge in [0.25, 0.3) is 0 Å². The predicted octanol–water partition coefficient (Wildman–Crippen LogP) is 11.0. The van der Waals surface area contributed by atoms with Crippen LogP contribution in [0.4, 0.5) is 0 Å². The smallest absolute Gasteiger partial charge is 0.238 e. The molecule has 0 saturated heterocycles. The molecule has 7 aromatic carbocycles. The third kappa shape index (κ3) is 4.85. The number of nitrogens with one attached hydrogen (secondary N) is 1. The Kier molecular flexibility index (Phi) is 6.90. The van der Waals surface area contributed by atoms with Gasteiger partial charge in [-0.15, -0.1) is 0 Å². The highest BCUT2D eigenvalue weighted by atomic mass is 16.5. The first kappa shape index (κ1) is 31.0. The van der Waals surface area contributed by atoms with E-state index in [-0.39, 0.29) is 0 Å². The van der Waals surface area contributed by atoms with Gasteiger partial charge in [0.15, 0.2) is 11.6 Å². The summed E-state index contributed by atoms with van der Waals surface area (Å²) in [5.74, 6) is 3.33. The number of imidazole rings is 1. The minimum Gasteiger partial charge on any atom is -0.494 e. The van der Waals surface area contributed by atoms with E-state index in [2.05, 4.69) is 99.0 Å². The van der Waals surface area contributed by atoms with E-state index >= 15 is 0 Å². The second-order valence-corrected chi connectivity index (χ2v) is 13.6. The van der Waals surface area contributed by atoms with E-state index in [1.165, 1.54) is 0 Å². The molecule has 11 rings (SSSR count). The fourth-order valence-corrected chi connectivity index (χ4v) is 7.95. The number of methoxy groups -OCH3 is 1. The predicted molar refractivity (Wildman–Crippen MR) is 221 cm³/mol. The highest BCUT2D eigenvalue weighted by Gasteiger charge is 2.23. The molecular weight excluding hydrogens is 679 g/mol. The number of aromatic amines is 1. The van der Waals surface area contributed by atoms with Crippen LogP contribution in [0.5, 0.6) is 5.75 Å². The maximum absolute atomic E-state index is 5.59. The van der Waals surface area contributed by atoms with Crippen molar-refractivity contribution in [2.24, 2.45) is 0 Å². The first-order valence-electron chi connectivity index (χ1n) is 18.2. The van der Waals surface area contributed by atoms with Crippen molar-refractivity contribution < 1.29 is 4.74 Å². The first-order chi connectivity index (χ1) is 27.2. The van der Waals surface area contributed by atoms with E-state index in [0.717, 1.165) is 88.6 Å². The van der Waals surface area contributed by atoms with Crippen LogP contribution in [0.25, 0.3) is 100 Å². The summed E-state index contributed by atoms with van der Waals surface area (Å²) in [7, 11) is 1.68. The normalized spacial score (nSPS) is 11.7. The highest BCUT2D eigenvalue weighted by molar-refractivity contribution is 6.23. The average molecular weight is 710 g/mol. The van der Waals surface area contributed by atoms with Crippen LogP contribution >= 0.6 is 0 Å². The number of nitrogens with zero attached hydrogens (tertiary/aromatic N) is 6. The van der Waals surface area contributed by atoms with Crippen molar-refractivity contribution in [1.29, 1.82) is 0 Å². The molecule has 0 aliphatic carbocycles. The summed E-state index contributed by atoms with van der Waals surface area (Å²) in [6.07, 6.45) is 0. The van der Waals surface area contributed by atoms with Gasteiger partial charge in [0.05, 0.1) is 34.7 Å². The van der Waals surface area contributed by atoms with Crippen molar-refractivity contribution in [2.45, 2.75) is 0 Å². The van der Waals surface area contributed by atoms with E-state index in [4.69, 9.17) is 24.7 Å². The van der Waals surface area contributed by atoms with E-state index in [9.17, 15) is 0 Å². The molecule has 4 aromatic heterocycles. The number of fused-ring (bicyclic) bond motifs is 8. The van der Waals surface area contributed by atoms with Gasteiger partial charge in [0.2, 0.25) is 5.95 Å². The largest absolute Gasteiger partial charge is 0.494 e. The number of benzene rings is 7. The van der Waals surface area contributed by atoms with Crippen molar-refractivity contribution >= 4 is 54.6 Å². The molecule has 0 aliphatic heterocycles. The topological polar surface area (TPSA) is 86.4 Å². The Morgan fingerprint density at radius 1 is 0.455 bits per heavy atom. The van der Waals surface area contributed by atoms with Crippen molar-refractivity contribution in [3.63, 3.8) is 0 Å². The van der Waals surface area contributed by atoms with Crippen molar-refractivity contribution in [3.05, 3.63) is 164 Å². The lowest BCUT2D eigenvalue weighted by atomic mass is 10.1. The van der Waals surface area contributed by atoms with Gasteiger partial charge in [0, 0.05) is 43.9 Å². The minimum atomic E-state index is 0.555. The molecule has 8 heteroatoms. The summed E-state index contributed by atoms with van der Waals surface area (Å²) < 4.78 is 10.2. The molecule has 11 aromatic rings. The zero-order valence-corrected chi connectivity index (χ0v) is 29.7. The van der Waals surface area contributed by atoms with E-state index < -0.39 is 0 Å². The van der Waals surface area contributed by atoms with E-state index in [1.807, 2.05) is 78.9 Å². The number of hydrogen-bond donors (Lipinski definition) is 1. The van der Waals surface area contributed by atoms with Gasteiger partial charge in [-0.2, -0.15) is 9.97 Å². The standard InChI is InChI=1S/C47H31N7O/c1-55-40-22-12-19-37-41(40)49-44(48-37)31-23-25-32(26-24-31)53-38-20-10-8-17-33(38)35-27-28-36-34-18-9-11-21-39(34)54(43(36)42(35)53)47-51-45(29-13-4-2-5-14-29)50-46(52-47)30-15-6-3-7-16-30/h2-28H,1H3,(H,48,49). The molecule has 0 saturated carbocycles. The van der Waals surface area contributed by atoms with Crippen molar-refractivity contribution in [1.82, 2.24) is 34.1 Å². The highest BCUT2D eigenvalue weighted by Crippen LogP contribution is 2.42. The summed E-state index contributed by atoms with van der Waals surface area (Å²) >= 11 is 0. The lowest BCUT2D eigenvalue weighted by Gasteiger charge is -2.13. The number of ether oxygens (including phenoxy) is 1. The van der Waals surface area contributed by atoms with Crippen LogP contribution in [0.2, 0.25) is 0 Å². The fourth-order valence-electron chi connectivity index (χ4n) is 7.95. The summed E-state index contributed by atoms with van der Waals surface area (Å²) in [6.45, 7) is 0. The molecule has 0 spiro atoms. The molecule has 0 fully saturated rings. The molecule has 0 aliphatic rings. The fraction of sp³-hybridized carbons (Fsp3) is 0.0213. The van der Waals surface area contributed by atoms with Gasteiger partial charge in [0.1, 0.15) is 17.1 Å². The lowest BCUT2D eigenvalue weighted by Crippen LogP contribution is -2.07. The van der Waals surface area contributed by atoms with Gasteiger partial charge < -0.3 is 14.3 Å². The second-order valence-electron chi connectivity index (χ2n) is 13.6. The van der Waals surface area contributed by atoms with Gasteiger partial charge in [-0.05, 0) is 48.5 Å². The second kappa shape index (κ2) is 12.2. The Morgan fingerprint density at radius 3 is 1.64 bits per heavy atom. The van der Waals surface area contributed by atoms with Crippen molar-refractivity contribution in [3.8, 4) is 51.5 Å². The van der Waals surface area contributed by atoms with E-state index in [0.29, 0.717) is 17.6 Å². The molecule has 0 atom stereocenters. The van der Waals surface area contributed by atoms with Crippen LogP contribution in [-0.4, -0.2) is 41.2 Å². The summed E-state index contributed by atoms with van der Waals surface area (Å²) in [5.41, 5.74) is 9.80. The minimum absolute atomic E-state index is 0.555. The van der Waals surface area contributed by atoms with Crippen LogP contribution in [-0.2, 0) is 0 Å². The molecule has 0 unspecified atom stereocenters. The average Bonchev–Trinajstić information content (AvgIpc) is 3.95. The Labute approximate surface area is 315 Å². The molecule has 0 amide bonds. The summed E-state index contributed by atoms with van der Waals surface area (Å²) in [4.78, 5) is 23.8. The molecule has 55 heavy (non-hydrogen) atoms. The Bertz CT molecular complexity index is 3180. The molecule has 1 N–H and O–H groups in total. The molecular formula is C47H31N7O. The number of H-pyrrole nitrogens is 1. The third-order valence-electron chi connectivity index (χ3n) is 10.5. The van der Waals surface area contributed by atoms with Crippen LogP contribution < -0.4 is 4.74 Å². The Balaban J connectivity index is 1.20. The van der Waals surface area contributed by atoms with Gasteiger partial charge >= 0.3 is 0 Å². The van der Waals surface area contributed by atoms with Gasteiger partial charge in [-0.25, -0.2) is 9.97 Å². The zero-order valence-electron chi connectivity index (χ0n) is 29.7. The van der Waals surface area contributed by atoms with E-state index in [1.54, 1.807) is 7.11 Å².